The van der Waals surface area contributed by atoms with Crippen molar-refractivity contribution in [1.29, 1.82) is 0 Å². The van der Waals surface area contributed by atoms with Gasteiger partial charge in [0.15, 0.2) is 11.5 Å². The number of fused-ring (bicyclic) bond motifs is 3. The van der Waals surface area contributed by atoms with Gasteiger partial charge in [-0.3, -0.25) is 4.79 Å². The van der Waals surface area contributed by atoms with E-state index in [1.54, 1.807) is 30.3 Å². The summed E-state index contributed by atoms with van der Waals surface area (Å²) in [7, 11) is 0. The highest BCUT2D eigenvalue weighted by Gasteiger charge is 2.27. The van der Waals surface area contributed by atoms with Gasteiger partial charge in [-0.2, -0.15) is 0 Å². The number of rotatable bonds is 0. The first-order valence-corrected chi connectivity index (χ1v) is 7.06. The smallest absolute Gasteiger partial charge is 0.204 e. The maximum Gasteiger partial charge on any atom is 0.204 e. The Morgan fingerprint density at radius 2 is 1.91 bits per heavy atom. The van der Waals surface area contributed by atoms with E-state index in [9.17, 15) is 9.90 Å². The highest BCUT2D eigenvalue weighted by atomic mass is 16.5. The van der Waals surface area contributed by atoms with Crippen LogP contribution in [0.4, 0.5) is 0 Å². The third kappa shape index (κ3) is 1.73. The van der Waals surface area contributed by atoms with Gasteiger partial charge in [0.25, 0.3) is 0 Å². The molecule has 1 aliphatic heterocycles. The normalized spacial score (nSPS) is 15.7. The van der Waals surface area contributed by atoms with Crippen molar-refractivity contribution in [2.45, 2.75) is 19.4 Å². The van der Waals surface area contributed by atoms with E-state index in [-0.39, 0.29) is 16.6 Å². The van der Waals surface area contributed by atoms with E-state index in [0.717, 1.165) is 0 Å². The van der Waals surface area contributed by atoms with Crippen LogP contribution in [0.3, 0.4) is 0 Å². The van der Waals surface area contributed by atoms with Gasteiger partial charge >= 0.3 is 0 Å². The number of phenolic OH excluding ortho intramolecular Hbond substituents is 1. The molecule has 1 aliphatic rings. The van der Waals surface area contributed by atoms with Crippen molar-refractivity contribution in [1.82, 2.24) is 0 Å². The predicted molar refractivity (Wildman–Crippen MR) is 85.4 cm³/mol. The SMILES string of the molecule is CC1(C)C=Cc2cc3oc4ccccc4c(=O)c3c(O)c2O1. The maximum absolute atomic E-state index is 12.7. The van der Waals surface area contributed by atoms with Crippen LogP contribution in [0.25, 0.3) is 28.0 Å². The Kier molecular flexibility index (Phi) is 2.43. The molecule has 4 nitrogen and oxygen atoms in total. The summed E-state index contributed by atoms with van der Waals surface area (Å²) in [6, 6.07) is 8.72. The summed E-state index contributed by atoms with van der Waals surface area (Å²) in [5.41, 5.74) is 0.763. The molecule has 0 radical (unpaired) electrons. The third-order valence-electron chi connectivity index (χ3n) is 3.86. The van der Waals surface area contributed by atoms with Crippen LogP contribution in [-0.2, 0) is 0 Å². The second kappa shape index (κ2) is 4.13. The fourth-order valence-corrected chi connectivity index (χ4v) is 2.76. The van der Waals surface area contributed by atoms with Gasteiger partial charge in [-0.15, -0.1) is 0 Å². The van der Waals surface area contributed by atoms with Gasteiger partial charge in [-0.25, -0.2) is 0 Å². The van der Waals surface area contributed by atoms with Crippen molar-refractivity contribution in [3.63, 3.8) is 0 Å². The Balaban J connectivity index is 2.16. The number of phenols is 1. The number of para-hydroxylation sites is 1. The molecule has 3 aromatic rings. The van der Waals surface area contributed by atoms with Crippen molar-refractivity contribution in [2.24, 2.45) is 0 Å². The molecule has 0 atom stereocenters. The molecule has 0 aliphatic carbocycles. The van der Waals surface area contributed by atoms with E-state index in [1.165, 1.54) is 0 Å². The van der Waals surface area contributed by atoms with E-state index in [2.05, 4.69) is 0 Å². The molecular formula is C18H14O4. The molecule has 1 aromatic heterocycles. The molecular weight excluding hydrogens is 280 g/mol. The van der Waals surface area contributed by atoms with Gasteiger partial charge in [0.05, 0.1) is 5.39 Å². The van der Waals surface area contributed by atoms with Crippen LogP contribution < -0.4 is 10.2 Å². The average molecular weight is 294 g/mol. The molecule has 0 spiro atoms. The van der Waals surface area contributed by atoms with Crippen LogP contribution in [0.5, 0.6) is 11.5 Å². The second-order valence-electron chi connectivity index (χ2n) is 5.98. The Bertz CT molecular complexity index is 1010. The zero-order valence-electron chi connectivity index (χ0n) is 12.2. The van der Waals surface area contributed by atoms with Gasteiger partial charge in [0, 0.05) is 5.56 Å². The minimum atomic E-state index is -0.533. The molecule has 4 rings (SSSR count). The van der Waals surface area contributed by atoms with Crippen molar-refractivity contribution >= 4 is 28.0 Å². The van der Waals surface area contributed by atoms with Gasteiger partial charge in [0.1, 0.15) is 22.2 Å². The molecule has 0 saturated carbocycles. The largest absolute Gasteiger partial charge is 0.504 e. The summed E-state index contributed by atoms with van der Waals surface area (Å²) in [5.74, 6) is 0.159. The fourth-order valence-electron chi connectivity index (χ4n) is 2.76. The molecule has 110 valence electrons. The van der Waals surface area contributed by atoms with Crippen molar-refractivity contribution in [2.75, 3.05) is 0 Å². The Morgan fingerprint density at radius 3 is 2.73 bits per heavy atom. The Morgan fingerprint density at radius 1 is 1.14 bits per heavy atom. The number of aromatic hydroxyl groups is 1. The van der Waals surface area contributed by atoms with Gasteiger partial charge in [-0.1, -0.05) is 18.2 Å². The van der Waals surface area contributed by atoms with E-state index < -0.39 is 5.60 Å². The summed E-state index contributed by atoms with van der Waals surface area (Å²) in [4.78, 5) is 12.7. The zero-order valence-corrected chi connectivity index (χ0v) is 12.2. The molecule has 0 fully saturated rings. The lowest BCUT2D eigenvalue weighted by atomic mass is 10.00. The highest BCUT2D eigenvalue weighted by Crippen LogP contribution is 2.42. The summed E-state index contributed by atoms with van der Waals surface area (Å²) in [6.45, 7) is 3.78. The van der Waals surface area contributed by atoms with E-state index in [4.69, 9.17) is 9.15 Å². The number of benzene rings is 2. The molecule has 0 unspecified atom stereocenters. The average Bonchev–Trinajstić information content (AvgIpc) is 2.48. The Hall–Kier alpha value is -2.75. The number of ether oxygens (including phenoxy) is 1. The molecule has 1 N–H and O–H groups in total. The van der Waals surface area contributed by atoms with Crippen molar-refractivity contribution < 1.29 is 14.3 Å². The quantitative estimate of drug-likeness (QED) is 0.640. The van der Waals surface area contributed by atoms with E-state index in [1.807, 2.05) is 26.0 Å². The summed E-state index contributed by atoms with van der Waals surface area (Å²) in [6.07, 6.45) is 3.77. The minimum absolute atomic E-state index is 0.156. The summed E-state index contributed by atoms with van der Waals surface area (Å²) >= 11 is 0. The topological polar surface area (TPSA) is 59.7 Å². The lowest BCUT2D eigenvalue weighted by Gasteiger charge is -2.28. The molecule has 2 heterocycles. The first kappa shape index (κ1) is 13.0. The molecule has 0 amide bonds. The fraction of sp³-hybridized carbons (Fsp3) is 0.167. The van der Waals surface area contributed by atoms with Crippen LogP contribution in [0.1, 0.15) is 19.4 Å². The number of hydrogen-bond acceptors (Lipinski definition) is 4. The van der Waals surface area contributed by atoms with Gasteiger partial charge in [0.2, 0.25) is 5.43 Å². The third-order valence-corrected chi connectivity index (χ3v) is 3.86. The lowest BCUT2D eigenvalue weighted by Crippen LogP contribution is -2.27. The van der Waals surface area contributed by atoms with Crippen LogP contribution in [0.15, 0.2) is 45.6 Å². The van der Waals surface area contributed by atoms with Gasteiger partial charge in [-0.05, 0) is 38.1 Å². The predicted octanol–water partition coefficient (Wildman–Crippen LogP) is 3.84. The maximum atomic E-state index is 12.7. The molecule has 22 heavy (non-hydrogen) atoms. The second-order valence-corrected chi connectivity index (χ2v) is 5.98. The van der Waals surface area contributed by atoms with Crippen molar-refractivity contribution in [3.8, 4) is 11.5 Å². The molecule has 2 aromatic carbocycles. The molecule has 0 saturated heterocycles. The summed E-state index contributed by atoms with van der Waals surface area (Å²) in [5, 5.41) is 11.1. The Labute approximate surface area is 126 Å². The van der Waals surface area contributed by atoms with Crippen LogP contribution >= 0.6 is 0 Å². The van der Waals surface area contributed by atoms with E-state index >= 15 is 0 Å². The van der Waals surface area contributed by atoms with Crippen LogP contribution in [0.2, 0.25) is 0 Å². The first-order valence-electron chi connectivity index (χ1n) is 7.06. The van der Waals surface area contributed by atoms with E-state index in [0.29, 0.717) is 27.9 Å². The van der Waals surface area contributed by atoms with Gasteiger partial charge < -0.3 is 14.3 Å². The standard InChI is InChI=1S/C18H14O4/c1-18(2)8-7-10-9-13-14(16(20)17(10)22-18)15(19)11-5-3-4-6-12(11)21-13/h3-9,20H,1-2H3. The summed E-state index contributed by atoms with van der Waals surface area (Å²) < 4.78 is 11.6. The zero-order chi connectivity index (χ0) is 15.5. The first-order chi connectivity index (χ1) is 10.5. The molecule has 4 heteroatoms. The highest BCUT2D eigenvalue weighted by molar-refractivity contribution is 5.96. The molecule has 0 bridgehead atoms. The van der Waals surface area contributed by atoms with Crippen LogP contribution in [-0.4, -0.2) is 10.7 Å². The number of hydrogen-bond donors (Lipinski definition) is 1. The lowest BCUT2D eigenvalue weighted by molar-refractivity contribution is 0.153. The van der Waals surface area contributed by atoms with Crippen LogP contribution in [0, 0.1) is 0 Å². The van der Waals surface area contributed by atoms with Crippen molar-refractivity contribution in [3.05, 3.63) is 52.2 Å². The monoisotopic (exact) mass is 294 g/mol. The minimum Gasteiger partial charge on any atom is -0.504 e.